The molecule has 0 radical (unpaired) electrons. The molecule has 1 atom stereocenters. The minimum Gasteiger partial charge on any atom is -0.390 e. The van der Waals surface area contributed by atoms with E-state index >= 15 is 0 Å². The number of hydrogen-bond donors (Lipinski definition) is 2. The second-order valence-corrected chi connectivity index (χ2v) is 6.71. The molecule has 0 aromatic carbocycles. The highest BCUT2D eigenvalue weighted by Gasteiger charge is 2.35. The number of thiophene rings is 1. The van der Waals surface area contributed by atoms with E-state index in [0.29, 0.717) is 6.42 Å². The SMILES string of the molecule is CCc1ccc(CC(O)C2(O)CCCCCC2)s1. The predicted molar refractivity (Wildman–Crippen MR) is 76.1 cm³/mol. The highest BCUT2D eigenvalue weighted by Crippen LogP contribution is 2.32. The second kappa shape index (κ2) is 6.18. The lowest BCUT2D eigenvalue weighted by molar-refractivity contribution is -0.0833. The zero-order valence-electron chi connectivity index (χ0n) is 11.2. The van der Waals surface area contributed by atoms with E-state index in [9.17, 15) is 10.2 Å². The maximum absolute atomic E-state index is 10.6. The van der Waals surface area contributed by atoms with Crippen LogP contribution < -0.4 is 0 Å². The Balaban J connectivity index is 1.98. The summed E-state index contributed by atoms with van der Waals surface area (Å²) < 4.78 is 0. The highest BCUT2D eigenvalue weighted by atomic mass is 32.1. The van der Waals surface area contributed by atoms with Gasteiger partial charge < -0.3 is 10.2 Å². The van der Waals surface area contributed by atoms with E-state index in [0.717, 1.165) is 32.1 Å². The molecule has 0 aliphatic heterocycles. The van der Waals surface area contributed by atoms with E-state index in [1.807, 2.05) is 0 Å². The van der Waals surface area contributed by atoms with Crippen LogP contribution in [0.25, 0.3) is 0 Å². The van der Waals surface area contributed by atoms with Gasteiger partial charge in [0.1, 0.15) is 0 Å². The average molecular weight is 268 g/mol. The summed E-state index contributed by atoms with van der Waals surface area (Å²) in [5.74, 6) is 0. The fourth-order valence-electron chi connectivity index (χ4n) is 2.78. The van der Waals surface area contributed by atoms with Gasteiger partial charge in [-0.15, -0.1) is 11.3 Å². The van der Waals surface area contributed by atoms with E-state index in [-0.39, 0.29) is 0 Å². The van der Waals surface area contributed by atoms with Crippen molar-refractivity contribution in [1.82, 2.24) is 0 Å². The van der Waals surface area contributed by atoms with Crippen LogP contribution in [0.15, 0.2) is 12.1 Å². The van der Waals surface area contributed by atoms with Gasteiger partial charge in [-0.3, -0.25) is 0 Å². The third kappa shape index (κ3) is 3.34. The molecule has 0 amide bonds. The summed E-state index contributed by atoms with van der Waals surface area (Å²) in [6.45, 7) is 2.14. The van der Waals surface area contributed by atoms with Crippen molar-refractivity contribution in [2.45, 2.75) is 70.0 Å². The van der Waals surface area contributed by atoms with Crippen LogP contribution in [0.3, 0.4) is 0 Å². The van der Waals surface area contributed by atoms with Crippen molar-refractivity contribution in [3.63, 3.8) is 0 Å². The third-order valence-corrected chi connectivity index (χ3v) is 5.30. The van der Waals surface area contributed by atoms with Gasteiger partial charge in [-0.05, 0) is 31.4 Å². The molecule has 1 aliphatic rings. The molecule has 1 aliphatic carbocycles. The molecular weight excluding hydrogens is 244 g/mol. The minimum absolute atomic E-state index is 0.598. The van der Waals surface area contributed by atoms with Gasteiger partial charge in [-0.2, -0.15) is 0 Å². The van der Waals surface area contributed by atoms with Crippen LogP contribution in [0.4, 0.5) is 0 Å². The first kappa shape index (κ1) is 14.0. The van der Waals surface area contributed by atoms with Gasteiger partial charge in [0.15, 0.2) is 0 Å². The van der Waals surface area contributed by atoms with Gasteiger partial charge in [-0.1, -0.05) is 32.6 Å². The third-order valence-electron chi connectivity index (χ3n) is 4.05. The van der Waals surface area contributed by atoms with Crippen molar-refractivity contribution >= 4 is 11.3 Å². The monoisotopic (exact) mass is 268 g/mol. The minimum atomic E-state index is -0.854. The zero-order chi connectivity index (χ0) is 13.0. The normalized spacial score (nSPS) is 21.5. The Bertz CT molecular complexity index is 364. The van der Waals surface area contributed by atoms with E-state index < -0.39 is 11.7 Å². The molecule has 1 aromatic heterocycles. The first-order chi connectivity index (χ1) is 8.64. The molecule has 102 valence electrons. The first-order valence-electron chi connectivity index (χ1n) is 7.12. The fourth-order valence-corrected chi connectivity index (χ4v) is 3.77. The van der Waals surface area contributed by atoms with Crippen LogP contribution in [-0.2, 0) is 12.8 Å². The lowest BCUT2D eigenvalue weighted by Gasteiger charge is -2.31. The molecule has 0 saturated heterocycles. The van der Waals surface area contributed by atoms with E-state index in [4.69, 9.17) is 0 Å². The van der Waals surface area contributed by atoms with Crippen LogP contribution in [0.2, 0.25) is 0 Å². The van der Waals surface area contributed by atoms with Crippen LogP contribution in [0.5, 0.6) is 0 Å². The molecule has 1 saturated carbocycles. The van der Waals surface area contributed by atoms with Gasteiger partial charge in [0.25, 0.3) is 0 Å². The summed E-state index contributed by atoms with van der Waals surface area (Å²) in [6.07, 6.45) is 6.99. The molecule has 0 bridgehead atoms. The van der Waals surface area contributed by atoms with Crippen molar-refractivity contribution in [3.05, 3.63) is 21.9 Å². The molecule has 1 heterocycles. The maximum atomic E-state index is 10.6. The maximum Gasteiger partial charge on any atom is 0.0909 e. The smallest absolute Gasteiger partial charge is 0.0909 e. The van der Waals surface area contributed by atoms with E-state index in [1.54, 1.807) is 11.3 Å². The summed E-state index contributed by atoms with van der Waals surface area (Å²) in [4.78, 5) is 2.54. The Morgan fingerprint density at radius 2 is 1.78 bits per heavy atom. The average Bonchev–Trinajstić information content (AvgIpc) is 2.69. The molecule has 1 aromatic rings. The molecule has 18 heavy (non-hydrogen) atoms. The lowest BCUT2D eigenvalue weighted by atomic mass is 9.86. The van der Waals surface area contributed by atoms with Gasteiger partial charge >= 0.3 is 0 Å². The van der Waals surface area contributed by atoms with Crippen molar-refractivity contribution in [2.75, 3.05) is 0 Å². The van der Waals surface area contributed by atoms with Crippen molar-refractivity contribution in [3.8, 4) is 0 Å². The Morgan fingerprint density at radius 3 is 2.33 bits per heavy atom. The van der Waals surface area contributed by atoms with Gasteiger partial charge in [0.05, 0.1) is 11.7 Å². The summed E-state index contributed by atoms with van der Waals surface area (Å²) in [5.41, 5.74) is -0.854. The van der Waals surface area contributed by atoms with Crippen LogP contribution in [0, 0.1) is 0 Å². The number of rotatable bonds is 4. The number of hydrogen-bond acceptors (Lipinski definition) is 3. The lowest BCUT2D eigenvalue weighted by Crippen LogP contribution is -2.43. The standard InChI is InChI=1S/C15H24O2S/c1-2-12-7-8-13(18-12)11-14(16)15(17)9-5-3-4-6-10-15/h7-8,14,16-17H,2-6,9-11H2,1H3. The predicted octanol–water partition coefficient (Wildman–Crippen LogP) is 3.30. The van der Waals surface area contributed by atoms with Crippen molar-refractivity contribution < 1.29 is 10.2 Å². The molecule has 3 heteroatoms. The summed E-state index contributed by atoms with van der Waals surface area (Å²) >= 11 is 1.76. The van der Waals surface area contributed by atoms with Crippen LogP contribution >= 0.6 is 11.3 Å². The molecule has 1 fully saturated rings. The second-order valence-electron chi connectivity index (χ2n) is 5.46. The van der Waals surface area contributed by atoms with Crippen LogP contribution in [0.1, 0.15) is 55.2 Å². The first-order valence-corrected chi connectivity index (χ1v) is 7.94. The Hall–Kier alpha value is -0.380. The molecule has 2 N–H and O–H groups in total. The van der Waals surface area contributed by atoms with Crippen molar-refractivity contribution in [1.29, 1.82) is 0 Å². The number of aliphatic hydroxyl groups is 2. The number of aliphatic hydroxyl groups excluding tert-OH is 1. The van der Waals surface area contributed by atoms with E-state index in [2.05, 4.69) is 19.1 Å². The number of aryl methyl sites for hydroxylation is 1. The molecular formula is C15H24O2S. The Labute approximate surface area is 114 Å². The summed E-state index contributed by atoms with van der Waals surface area (Å²) in [6, 6.07) is 4.22. The van der Waals surface area contributed by atoms with Crippen molar-refractivity contribution in [2.24, 2.45) is 0 Å². The van der Waals surface area contributed by atoms with Gasteiger partial charge in [0, 0.05) is 16.2 Å². The van der Waals surface area contributed by atoms with Gasteiger partial charge in [0.2, 0.25) is 0 Å². The molecule has 2 rings (SSSR count). The Kier molecular flexibility index (Phi) is 4.82. The molecule has 2 nitrogen and oxygen atoms in total. The largest absolute Gasteiger partial charge is 0.390 e. The van der Waals surface area contributed by atoms with Crippen LogP contribution in [-0.4, -0.2) is 21.9 Å². The van der Waals surface area contributed by atoms with Gasteiger partial charge in [-0.25, -0.2) is 0 Å². The topological polar surface area (TPSA) is 40.5 Å². The summed E-state index contributed by atoms with van der Waals surface area (Å²) in [5, 5.41) is 20.9. The van der Waals surface area contributed by atoms with E-state index in [1.165, 1.54) is 22.6 Å². The quantitative estimate of drug-likeness (QED) is 0.823. The summed E-state index contributed by atoms with van der Waals surface area (Å²) in [7, 11) is 0. The molecule has 0 spiro atoms. The zero-order valence-corrected chi connectivity index (χ0v) is 12.0. The fraction of sp³-hybridized carbons (Fsp3) is 0.733. The molecule has 1 unspecified atom stereocenters. The highest BCUT2D eigenvalue weighted by molar-refractivity contribution is 7.11. The Morgan fingerprint density at radius 1 is 1.17 bits per heavy atom.